The SMILES string of the molecule is COc1ccc(O)c(C(C)NCc2cccs2)c1. The Morgan fingerprint density at radius 3 is 2.89 bits per heavy atom. The first-order valence-electron chi connectivity index (χ1n) is 5.83. The number of benzene rings is 1. The van der Waals surface area contributed by atoms with Crippen LogP contribution in [0.1, 0.15) is 23.4 Å². The molecule has 0 spiro atoms. The molecule has 0 saturated carbocycles. The maximum absolute atomic E-state index is 9.87. The van der Waals surface area contributed by atoms with Crippen LogP contribution >= 0.6 is 11.3 Å². The van der Waals surface area contributed by atoms with Crippen LogP contribution in [0.4, 0.5) is 0 Å². The van der Waals surface area contributed by atoms with E-state index in [1.54, 1.807) is 30.6 Å². The summed E-state index contributed by atoms with van der Waals surface area (Å²) in [6, 6.07) is 9.48. The summed E-state index contributed by atoms with van der Waals surface area (Å²) in [5.74, 6) is 1.05. The molecular weight excluding hydrogens is 246 g/mol. The molecule has 1 atom stereocenters. The molecule has 1 aromatic heterocycles. The van der Waals surface area contributed by atoms with Crippen molar-refractivity contribution in [1.82, 2.24) is 5.32 Å². The smallest absolute Gasteiger partial charge is 0.120 e. The monoisotopic (exact) mass is 263 g/mol. The zero-order valence-electron chi connectivity index (χ0n) is 10.5. The summed E-state index contributed by atoms with van der Waals surface area (Å²) in [5, 5.41) is 15.3. The van der Waals surface area contributed by atoms with Gasteiger partial charge in [0.05, 0.1) is 7.11 Å². The van der Waals surface area contributed by atoms with Gasteiger partial charge in [0.25, 0.3) is 0 Å². The minimum atomic E-state index is 0.0715. The molecule has 1 heterocycles. The van der Waals surface area contributed by atoms with E-state index in [0.29, 0.717) is 5.75 Å². The molecule has 0 radical (unpaired) electrons. The summed E-state index contributed by atoms with van der Waals surface area (Å²) in [6.07, 6.45) is 0. The van der Waals surface area contributed by atoms with E-state index in [1.165, 1.54) is 4.88 Å². The number of phenols is 1. The molecule has 18 heavy (non-hydrogen) atoms. The minimum absolute atomic E-state index is 0.0715. The van der Waals surface area contributed by atoms with E-state index < -0.39 is 0 Å². The van der Waals surface area contributed by atoms with E-state index in [9.17, 15) is 5.11 Å². The number of hydrogen-bond acceptors (Lipinski definition) is 4. The van der Waals surface area contributed by atoms with Crippen LogP contribution in [0.15, 0.2) is 35.7 Å². The topological polar surface area (TPSA) is 41.5 Å². The minimum Gasteiger partial charge on any atom is -0.508 e. The van der Waals surface area contributed by atoms with Gasteiger partial charge in [0.1, 0.15) is 11.5 Å². The van der Waals surface area contributed by atoms with Crippen molar-refractivity contribution in [2.24, 2.45) is 0 Å². The largest absolute Gasteiger partial charge is 0.508 e. The molecule has 0 fully saturated rings. The fourth-order valence-corrected chi connectivity index (χ4v) is 2.44. The zero-order valence-corrected chi connectivity index (χ0v) is 11.3. The standard InChI is InChI=1S/C14H17NO2S/c1-10(15-9-12-4-3-7-18-12)13-8-11(17-2)5-6-14(13)16/h3-8,10,15-16H,9H2,1-2H3. The number of aromatic hydroxyl groups is 1. The van der Waals surface area contributed by atoms with E-state index in [0.717, 1.165) is 17.9 Å². The summed E-state index contributed by atoms with van der Waals surface area (Å²) in [5.41, 5.74) is 0.853. The third kappa shape index (κ3) is 3.03. The number of hydrogen-bond donors (Lipinski definition) is 2. The third-order valence-corrected chi connectivity index (χ3v) is 3.74. The summed E-state index contributed by atoms with van der Waals surface area (Å²) < 4.78 is 5.17. The second kappa shape index (κ2) is 5.89. The maximum atomic E-state index is 9.87. The van der Waals surface area contributed by atoms with Gasteiger partial charge < -0.3 is 15.2 Å². The molecule has 4 heteroatoms. The molecule has 0 amide bonds. The molecule has 96 valence electrons. The fraction of sp³-hybridized carbons (Fsp3) is 0.286. The third-order valence-electron chi connectivity index (χ3n) is 2.86. The number of thiophene rings is 1. The second-order valence-corrected chi connectivity index (χ2v) is 5.14. The van der Waals surface area contributed by atoms with Gasteiger partial charge >= 0.3 is 0 Å². The van der Waals surface area contributed by atoms with Gasteiger partial charge in [0.2, 0.25) is 0 Å². The highest BCUT2D eigenvalue weighted by molar-refractivity contribution is 7.09. The lowest BCUT2D eigenvalue weighted by Crippen LogP contribution is -2.17. The van der Waals surface area contributed by atoms with Gasteiger partial charge in [-0.15, -0.1) is 11.3 Å². The Kier molecular flexibility index (Phi) is 4.23. The van der Waals surface area contributed by atoms with E-state index in [1.807, 2.05) is 19.1 Å². The van der Waals surface area contributed by atoms with Crippen molar-refractivity contribution >= 4 is 11.3 Å². The molecular formula is C14H17NO2S. The predicted molar refractivity (Wildman–Crippen MR) is 74.2 cm³/mol. The quantitative estimate of drug-likeness (QED) is 0.869. The van der Waals surface area contributed by atoms with Crippen LogP contribution in [-0.4, -0.2) is 12.2 Å². The first-order chi connectivity index (χ1) is 8.70. The molecule has 2 rings (SSSR count). The Morgan fingerprint density at radius 2 is 2.22 bits per heavy atom. The fourth-order valence-electron chi connectivity index (χ4n) is 1.78. The predicted octanol–water partition coefficient (Wildman–Crippen LogP) is 3.31. The van der Waals surface area contributed by atoms with Crippen molar-refractivity contribution in [3.63, 3.8) is 0 Å². The Balaban J connectivity index is 2.05. The number of methoxy groups -OCH3 is 1. The highest BCUT2D eigenvalue weighted by Crippen LogP contribution is 2.28. The van der Waals surface area contributed by atoms with Crippen LogP contribution in [0, 0.1) is 0 Å². The molecule has 0 saturated heterocycles. The maximum Gasteiger partial charge on any atom is 0.120 e. The molecule has 0 aliphatic rings. The van der Waals surface area contributed by atoms with Crippen LogP contribution in [0.2, 0.25) is 0 Å². The van der Waals surface area contributed by atoms with Crippen LogP contribution < -0.4 is 10.1 Å². The van der Waals surface area contributed by atoms with Crippen molar-refractivity contribution in [2.75, 3.05) is 7.11 Å². The van der Waals surface area contributed by atoms with Gasteiger partial charge in [-0.25, -0.2) is 0 Å². The molecule has 0 bridgehead atoms. The zero-order chi connectivity index (χ0) is 13.0. The lowest BCUT2D eigenvalue weighted by molar-refractivity contribution is 0.407. The van der Waals surface area contributed by atoms with Crippen LogP contribution in [0.5, 0.6) is 11.5 Å². The Hall–Kier alpha value is -1.52. The van der Waals surface area contributed by atoms with E-state index in [4.69, 9.17) is 4.74 Å². The van der Waals surface area contributed by atoms with Gasteiger partial charge in [-0.05, 0) is 36.6 Å². The van der Waals surface area contributed by atoms with Crippen molar-refractivity contribution in [3.05, 3.63) is 46.2 Å². The molecule has 1 aromatic carbocycles. The van der Waals surface area contributed by atoms with Crippen molar-refractivity contribution < 1.29 is 9.84 Å². The van der Waals surface area contributed by atoms with Gasteiger partial charge in [0, 0.05) is 23.0 Å². The average molecular weight is 263 g/mol. The Labute approximate surface area is 111 Å². The molecule has 3 nitrogen and oxygen atoms in total. The van der Waals surface area contributed by atoms with Crippen LogP contribution in [0.25, 0.3) is 0 Å². The summed E-state index contributed by atoms with van der Waals surface area (Å²) in [7, 11) is 1.62. The highest BCUT2D eigenvalue weighted by atomic mass is 32.1. The molecule has 1 unspecified atom stereocenters. The summed E-state index contributed by atoms with van der Waals surface area (Å²) in [6.45, 7) is 2.83. The lowest BCUT2D eigenvalue weighted by Gasteiger charge is -2.16. The second-order valence-electron chi connectivity index (χ2n) is 4.11. The summed E-state index contributed by atoms with van der Waals surface area (Å²) >= 11 is 1.72. The number of rotatable bonds is 5. The van der Waals surface area contributed by atoms with Crippen molar-refractivity contribution in [2.45, 2.75) is 19.5 Å². The Bertz CT molecular complexity index is 497. The van der Waals surface area contributed by atoms with Gasteiger partial charge in [-0.3, -0.25) is 0 Å². The number of ether oxygens (including phenoxy) is 1. The first kappa shape index (κ1) is 12.9. The van der Waals surface area contributed by atoms with Crippen molar-refractivity contribution in [3.8, 4) is 11.5 Å². The highest BCUT2D eigenvalue weighted by Gasteiger charge is 2.11. The molecule has 2 N–H and O–H groups in total. The van der Waals surface area contributed by atoms with Crippen LogP contribution in [-0.2, 0) is 6.54 Å². The van der Waals surface area contributed by atoms with Gasteiger partial charge in [0.15, 0.2) is 0 Å². The van der Waals surface area contributed by atoms with E-state index in [-0.39, 0.29) is 6.04 Å². The van der Waals surface area contributed by atoms with Crippen molar-refractivity contribution in [1.29, 1.82) is 0 Å². The molecule has 0 aliphatic carbocycles. The number of phenolic OH excluding ortho intramolecular Hbond substituents is 1. The Morgan fingerprint density at radius 1 is 1.39 bits per heavy atom. The van der Waals surface area contributed by atoms with Crippen LogP contribution in [0.3, 0.4) is 0 Å². The molecule has 2 aromatic rings. The lowest BCUT2D eigenvalue weighted by atomic mass is 10.1. The van der Waals surface area contributed by atoms with Gasteiger partial charge in [-0.2, -0.15) is 0 Å². The molecule has 0 aliphatic heterocycles. The average Bonchev–Trinajstić information content (AvgIpc) is 2.89. The first-order valence-corrected chi connectivity index (χ1v) is 6.71. The van der Waals surface area contributed by atoms with E-state index in [2.05, 4.69) is 16.8 Å². The van der Waals surface area contributed by atoms with E-state index >= 15 is 0 Å². The normalized spacial score (nSPS) is 12.3. The number of nitrogens with one attached hydrogen (secondary N) is 1. The van der Waals surface area contributed by atoms with Gasteiger partial charge in [-0.1, -0.05) is 6.07 Å². The summed E-state index contributed by atoms with van der Waals surface area (Å²) in [4.78, 5) is 1.28.